The van der Waals surface area contributed by atoms with Crippen LogP contribution in [0.4, 0.5) is 5.69 Å². The maximum atomic E-state index is 5.57. The van der Waals surface area contributed by atoms with Crippen molar-refractivity contribution in [1.29, 1.82) is 0 Å². The molecule has 0 aromatic carbocycles. The maximum absolute atomic E-state index is 5.57. The van der Waals surface area contributed by atoms with Crippen molar-refractivity contribution in [2.75, 3.05) is 57.9 Å². The third-order valence-electron chi connectivity index (χ3n) is 8.08. The number of anilines is 1. The standard InChI is InChI=1S/C28H36N8O2/c1-5-28(16-38-17-28)15-34-8-10-35(11-9-34)21-6-7-22(29-13-21)26-24(19(2)3)25(32-33-26)20-12-23(37-4)27-30-18-31-36(27)14-20/h6-7,12-14,18-19H,5,8-11,15-17H2,1-4H3,(H,32,33). The van der Waals surface area contributed by atoms with Crippen LogP contribution in [-0.4, -0.2) is 87.7 Å². The van der Waals surface area contributed by atoms with Crippen LogP contribution in [0.1, 0.15) is 38.7 Å². The number of ether oxygens (including phenoxy) is 2. The quantitative estimate of drug-likeness (QED) is 0.377. The van der Waals surface area contributed by atoms with Gasteiger partial charge in [0.1, 0.15) is 12.0 Å². The van der Waals surface area contributed by atoms with Crippen LogP contribution >= 0.6 is 0 Å². The highest BCUT2D eigenvalue weighted by molar-refractivity contribution is 5.75. The Labute approximate surface area is 223 Å². The molecule has 0 amide bonds. The van der Waals surface area contributed by atoms with Crippen molar-refractivity contribution >= 4 is 11.3 Å². The number of piperazine rings is 1. The first-order valence-electron chi connectivity index (χ1n) is 13.5. The second kappa shape index (κ2) is 9.99. The van der Waals surface area contributed by atoms with Gasteiger partial charge in [0.15, 0.2) is 11.4 Å². The number of methoxy groups -OCH3 is 1. The first-order valence-corrected chi connectivity index (χ1v) is 13.5. The molecule has 10 nitrogen and oxygen atoms in total. The van der Waals surface area contributed by atoms with Gasteiger partial charge >= 0.3 is 0 Å². The number of rotatable bonds is 8. The number of fused-ring (bicyclic) bond motifs is 1. The van der Waals surface area contributed by atoms with Crippen molar-refractivity contribution < 1.29 is 9.47 Å². The maximum Gasteiger partial charge on any atom is 0.197 e. The van der Waals surface area contributed by atoms with Crippen molar-refractivity contribution in [3.05, 3.63) is 42.5 Å². The van der Waals surface area contributed by atoms with E-state index in [9.17, 15) is 0 Å². The molecule has 2 saturated heterocycles. The third kappa shape index (κ3) is 4.41. The molecule has 6 heterocycles. The molecule has 2 aliphatic rings. The summed E-state index contributed by atoms with van der Waals surface area (Å²) in [5, 5.41) is 12.3. The summed E-state index contributed by atoms with van der Waals surface area (Å²) >= 11 is 0. The average molecular weight is 517 g/mol. The number of nitrogens with one attached hydrogen (secondary N) is 1. The zero-order chi connectivity index (χ0) is 26.3. The molecule has 6 rings (SSSR count). The van der Waals surface area contributed by atoms with E-state index in [2.05, 4.69) is 57.9 Å². The highest BCUT2D eigenvalue weighted by atomic mass is 16.5. The van der Waals surface area contributed by atoms with Gasteiger partial charge in [0.2, 0.25) is 0 Å². The van der Waals surface area contributed by atoms with Crippen molar-refractivity contribution in [3.63, 3.8) is 0 Å². The molecule has 38 heavy (non-hydrogen) atoms. The van der Waals surface area contributed by atoms with E-state index in [1.165, 1.54) is 12.7 Å². The Morgan fingerprint density at radius 3 is 2.58 bits per heavy atom. The molecule has 0 saturated carbocycles. The number of H-pyrrole nitrogens is 1. The molecular formula is C28H36N8O2. The average Bonchev–Trinajstić information content (AvgIpc) is 3.58. The summed E-state index contributed by atoms with van der Waals surface area (Å²) in [6.07, 6.45) is 6.65. The zero-order valence-electron chi connectivity index (χ0n) is 22.6. The number of pyridine rings is 2. The van der Waals surface area contributed by atoms with Gasteiger partial charge in [-0.2, -0.15) is 10.2 Å². The largest absolute Gasteiger partial charge is 0.493 e. The Morgan fingerprint density at radius 2 is 1.95 bits per heavy atom. The van der Waals surface area contributed by atoms with Crippen LogP contribution in [0.2, 0.25) is 0 Å². The molecule has 1 N–H and O–H groups in total. The molecule has 0 bridgehead atoms. The fourth-order valence-corrected chi connectivity index (χ4v) is 5.66. The van der Waals surface area contributed by atoms with Gasteiger partial charge in [-0.3, -0.25) is 15.0 Å². The monoisotopic (exact) mass is 516 g/mol. The summed E-state index contributed by atoms with van der Waals surface area (Å²) in [4.78, 5) is 14.2. The molecule has 4 aromatic rings. The Morgan fingerprint density at radius 1 is 1.13 bits per heavy atom. The number of aromatic nitrogens is 6. The van der Waals surface area contributed by atoms with E-state index in [0.29, 0.717) is 16.8 Å². The fraction of sp³-hybridized carbons (Fsp3) is 0.500. The Bertz CT molecular complexity index is 1390. The molecule has 2 fully saturated rings. The summed E-state index contributed by atoms with van der Waals surface area (Å²) in [6, 6.07) is 6.24. The smallest absolute Gasteiger partial charge is 0.197 e. The van der Waals surface area contributed by atoms with E-state index in [1.54, 1.807) is 11.6 Å². The van der Waals surface area contributed by atoms with Gasteiger partial charge in [0, 0.05) is 55.5 Å². The Hall–Kier alpha value is -3.50. The SMILES string of the molecule is CCC1(CN2CCN(c3ccc(-c4n[nH]c(-c5cc(OC)c6ncnn6c5)c4C(C)C)nc3)CC2)COC1. The molecule has 0 aliphatic carbocycles. The lowest BCUT2D eigenvalue weighted by Gasteiger charge is -2.46. The molecule has 0 radical (unpaired) electrons. The summed E-state index contributed by atoms with van der Waals surface area (Å²) in [6.45, 7) is 13.8. The molecule has 0 spiro atoms. The van der Waals surface area contributed by atoms with E-state index in [0.717, 1.165) is 79.8 Å². The van der Waals surface area contributed by atoms with Crippen LogP contribution in [0.15, 0.2) is 36.9 Å². The highest BCUT2D eigenvalue weighted by Gasteiger charge is 2.38. The van der Waals surface area contributed by atoms with Gasteiger partial charge in [0.25, 0.3) is 0 Å². The lowest BCUT2D eigenvalue weighted by Crippen LogP contribution is -2.55. The molecule has 10 heteroatoms. The van der Waals surface area contributed by atoms with Gasteiger partial charge in [-0.25, -0.2) is 9.50 Å². The lowest BCUT2D eigenvalue weighted by atomic mass is 9.82. The highest BCUT2D eigenvalue weighted by Crippen LogP contribution is 2.37. The second-order valence-electron chi connectivity index (χ2n) is 10.9. The zero-order valence-corrected chi connectivity index (χ0v) is 22.6. The van der Waals surface area contributed by atoms with Crippen molar-refractivity contribution in [2.24, 2.45) is 5.41 Å². The third-order valence-corrected chi connectivity index (χ3v) is 8.08. The summed E-state index contributed by atoms with van der Waals surface area (Å²) < 4.78 is 12.8. The fourth-order valence-electron chi connectivity index (χ4n) is 5.66. The first kappa shape index (κ1) is 24.8. The van der Waals surface area contributed by atoms with Crippen LogP contribution in [-0.2, 0) is 4.74 Å². The van der Waals surface area contributed by atoms with Crippen LogP contribution in [0, 0.1) is 5.41 Å². The van der Waals surface area contributed by atoms with Crippen LogP contribution < -0.4 is 9.64 Å². The van der Waals surface area contributed by atoms with Crippen LogP contribution in [0.5, 0.6) is 5.75 Å². The van der Waals surface area contributed by atoms with Crippen molar-refractivity contribution in [1.82, 2.24) is 34.7 Å². The lowest BCUT2D eigenvalue weighted by molar-refractivity contribution is -0.128. The van der Waals surface area contributed by atoms with Crippen LogP contribution in [0.3, 0.4) is 0 Å². The van der Waals surface area contributed by atoms with E-state index < -0.39 is 0 Å². The minimum Gasteiger partial charge on any atom is -0.493 e. The predicted octanol–water partition coefficient (Wildman–Crippen LogP) is 3.86. The first-order chi connectivity index (χ1) is 18.5. The van der Waals surface area contributed by atoms with Gasteiger partial charge < -0.3 is 14.4 Å². The van der Waals surface area contributed by atoms with E-state index in [-0.39, 0.29) is 5.92 Å². The van der Waals surface area contributed by atoms with Gasteiger partial charge in [0.05, 0.1) is 43.6 Å². The minimum absolute atomic E-state index is 0.234. The minimum atomic E-state index is 0.234. The predicted molar refractivity (Wildman–Crippen MR) is 147 cm³/mol. The number of aromatic amines is 1. The molecule has 0 atom stereocenters. The van der Waals surface area contributed by atoms with Crippen molar-refractivity contribution in [3.8, 4) is 28.4 Å². The number of hydrogen-bond acceptors (Lipinski definition) is 8. The normalized spacial score (nSPS) is 17.8. The van der Waals surface area contributed by atoms with Gasteiger partial charge in [-0.1, -0.05) is 20.8 Å². The Kier molecular flexibility index (Phi) is 6.53. The molecule has 0 unspecified atom stereocenters. The van der Waals surface area contributed by atoms with Crippen LogP contribution in [0.25, 0.3) is 28.3 Å². The summed E-state index contributed by atoms with van der Waals surface area (Å²) in [5.74, 6) is 0.900. The van der Waals surface area contributed by atoms with E-state index >= 15 is 0 Å². The van der Waals surface area contributed by atoms with Gasteiger partial charge in [-0.05, 0) is 30.5 Å². The topological polar surface area (TPSA) is 96.7 Å². The Balaban J connectivity index is 1.21. The summed E-state index contributed by atoms with van der Waals surface area (Å²) in [7, 11) is 1.64. The second-order valence-corrected chi connectivity index (χ2v) is 10.9. The van der Waals surface area contributed by atoms with Gasteiger partial charge in [-0.15, -0.1) is 0 Å². The van der Waals surface area contributed by atoms with E-state index in [1.807, 2.05) is 18.5 Å². The molecule has 4 aromatic heterocycles. The molecular weight excluding hydrogens is 480 g/mol. The number of hydrogen-bond donors (Lipinski definition) is 1. The number of nitrogens with zero attached hydrogens (tertiary/aromatic N) is 7. The molecule has 2 aliphatic heterocycles. The molecule has 200 valence electrons. The van der Waals surface area contributed by atoms with Crippen molar-refractivity contribution in [2.45, 2.75) is 33.1 Å². The van der Waals surface area contributed by atoms with E-state index in [4.69, 9.17) is 19.6 Å². The summed E-state index contributed by atoms with van der Waals surface area (Å²) in [5.41, 5.74) is 6.94.